The fourth-order valence-corrected chi connectivity index (χ4v) is 24.9. The topological polar surface area (TPSA) is 466 Å². The SMILES string of the molecule is CC(C)(C)NC1CCC(NS(C)(=O)=O)CC1.CC(C)(C)NC1CCC(NS(C)(=O)=O)CC1.CC(C)(C)NC1CCC(NS(C)(=O)=O)CC1.CC(C)(C)NC1CCC(NS(C)(=O)=O)CC1.CC(C)(C)NC1CCC(NS(C)(=O)=O)CC1.CC(C)(C)NC1CCC(NS(C)(=O)=O)CC1.CC(C)(C)NC1CCC(NS(C)(=O)=O)CC1.CC(C)(C)NC1CCC(NS(C)(=O)=O)CC1. The largest absolute Gasteiger partial charge is 0.309 e. The molecule has 768 valence electrons. The van der Waals surface area contributed by atoms with E-state index in [1.165, 1.54) is 50.0 Å². The minimum atomic E-state index is -3.05. The molecule has 32 nitrogen and oxygen atoms in total. The van der Waals surface area contributed by atoms with Crippen LogP contribution in [0.15, 0.2) is 0 Å². The average molecular weight is 1990 g/mol. The van der Waals surface area contributed by atoms with Crippen molar-refractivity contribution in [3.8, 4) is 0 Å². The minimum absolute atomic E-state index is 0.132. The van der Waals surface area contributed by atoms with Gasteiger partial charge in [0.05, 0.1) is 50.0 Å². The van der Waals surface area contributed by atoms with Gasteiger partial charge in [-0.15, -0.1) is 0 Å². The molecular formula is C88H192N16O16S8. The van der Waals surface area contributed by atoms with Crippen LogP contribution in [0.4, 0.5) is 0 Å². The lowest BCUT2D eigenvalue weighted by atomic mass is 9.90. The van der Waals surface area contributed by atoms with Crippen LogP contribution in [0, 0.1) is 0 Å². The highest BCUT2D eigenvalue weighted by molar-refractivity contribution is 7.90. The van der Waals surface area contributed by atoms with Crippen LogP contribution in [0.2, 0.25) is 0 Å². The van der Waals surface area contributed by atoms with Gasteiger partial charge in [-0.2, -0.15) is 0 Å². The molecule has 8 saturated carbocycles. The highest BCUT2D eigenvalue weighted by Gasteiger charge is 2.34. The molecule has 0 aliphatic heterocycles. The van der Waals surface area contributed by atoms with E-state index in [2.05, 4.69) is 246 Å². The van der Waals surface area contributed by atoms with E-state index in [9.17, 15) is 67.3 Å². The van der Waals surface area contributed by atoms with Crippen molar-refractivity contribution < 1.29 is 67.3 Å². The van der Waals surface area contributed by atoms with Crippen molar-refractivity contribution in [2.75, 3.05) is 50.0 Å². The van der Waals surface area contributed by atoms with Crippen molar-refractivity contribution in [1.82, 2.24) is 80.3 Å². The highest BCUT2D eigenvalue weighted by atomic mass is 32.2. The summed E-state index contributed by atoms with van der Waals surface area (Å²) < 4.78 is 199. The highest BCUT2D eigenvalue weighted by Crippen LogP contribution is 2.29. The summed E-state index contributed by atoms with van der Waals surface area (Å²) in [5.41, 5.74) is 1.13. The lowest BCUT2D eigenvalue weighted by Gasteiger charge is -2.34. The van der Waals surface area contributed by atoms with E-state index in [1.807, 2.05) is 0 Å². The lowest BCUT2D eigenvalue weighted by Crippen LogP contribution is -2.47. The Morgan fingerprint density at radius 2 is 0.180 bits per heavy atom. The Morgan fingerprint density at radius 3 is 0.227 bits per heavy atom. The van der Waals surface area contributed by atoms with Gasteiger partial charge in [0.25, 0.3) is 0 Å². The Hall–Kier alpha value is -1.04. The van der Waals surface area contributed by atoms with Crippen LogP contribution < -0.4 is 80.3 Å². The molecule has 0 heterocycles. The Balaban J connectivity index is 0.000000731. The molecule has 8 rings (SSSR count). The first-order valence-corrected chi connectivity index (χ1v) is 62.4. The van der Waals surface area contributed by atoms with E-state index < -0.39 is 80.2 Å². The molecule has 128 heavy (non-hydrogen) atoms. The molecule has 0 aromatic rings. The summed E-state index contributed by atoms with van der Waals surface area (Å²) in [5.74, 6) is 0. The Labute approximate surface area is 784 Å². The van der Waals surface area contributed by atoms with Crippen molar-refractivity contribution in [3.05, 3.63) is 0 Å². The summed E-state index contributed by atoms with van der Waals surface area (Å²) in [5, 5.41) is 28.5. The molecule has 8 aliphatic rings. The summed E-state index contributed by atoms with van der Waals surface area (Å²) in [7, 11) is -24.4. The van der Waals surface area contributed by atoms with Gasteiger partial charge in [0.2, 0.25) is 80.2 Å². The Bertz CT molecular complexity index is 3280. The first kappa shape index (κ1) is 125. The van der Waals surface area contributed by atoms with Crippen LogP contribution in [0.1, 0.15) is 372 Å². The van der Waals surface area contributed by atoms with Gasteiger partial charge in [0.1, 0.15) is 0 Å². The van der Waals surface area contributed by atoms with E-state index in [1.54, 1.807) is 0 Å². The molecule has 0 saturated heterocycles. The van der Waals surface area contributed by atoms with Crippen LogP contribution in [0.25, 0.3) is 0 Å². The smallest absolute Gasteiger partial charge is 0.208 e. The monoisotopic (exact) mass is 1990 g/mol. The van der Waals surface area contributed by atoms with Gasteiger partial charge >= 0.3 is 0 Å². The van der Waals surface area contributed by atoms with E-state index in [-0.39, 0.29) is 92.6 Å². The molecule has 0 aromatic heterocycles. The maximum absolute atomic E-state index is 11.1. The molecule has 0 radical (unpaired) electrons. The Morgan fingerprint density at radius 1 is 0.125 bits per heavy atom. The van der Waals surface area contributed by atoms with Gasteiger partial charge < -0.3 is 42.5 Å². The molecule has 0 unspecified atom stereocenters. The zero-order chi connectivity index (χ0) is 99.2. The third-order valence-corrected chi connectivity index (χ3v) is 28.1. The van der Waals surface area contributed by atoms with Crippen molar-refractivity contribution in [3.63, 3.8) is 0 Å². The number of rotatable bonds is 24. The minimum Gasteiger partial charge on any atom is -0.309 e. The molecule has 0 aromatic carbocycles. The second-order valence-electron chi connectivity index (χ2n) is 46.7. The van der Waals surface area contributed by atoms with Gasteiger partial charge in [0.15, 0.2) is 0 Å². The Kier molecular flexibility index (Phi) is 52.7. The number of hydrogen-bond acceptors (Lipinski definition) is 24. The molecule has 0 atom stereocenters. The average Bonchev–Trinajstić information content (AvgIpc) is 0.902. The first-order valence-electron chi connectivity index (χ1n) is 47.2. The van der Waals surface area contributed by atoms with Crippen molar-refractivity contribution in [2.45, 2.75) is 513 Å². The molecule has 0 amide bonds. The maximum atomic E-state index is 11.1. The number of nitrogens with one attached hydrogen (secondary N) is 16. The fraction of sp³-hybridized carbons (Fsp3) is 1.00. The fourth-order valence-electron chi connectivity index (χ4n) is 18.2. The third kappa shape index (κ3) is 76.0. The predicted molar refractivity (Wildman–Crippen MR) is 535 cm³/mol. The first-order chi connectivity index (χ1) is 57.3. The lowest BCUT2D eigenvalue weighted by molar-refractivity contribution is 0.273. The van der Waals surface area contributed by atoms with Gasteiger partial charge in [0, 0.05) is 141 Å². The summed E-state index contributed by atoms with van der Waals surface area (Å²) in [4.78, 5) is 0. The van der Waals surface area contributed by atoms with Gasteiger partial charge in [-0.05, 0) is 372 Å². The predicted octanol–water partition coefficient (Wildman–Crippen LogP) is 9.88. The van der Waals surface area contributed by atoms with Crippen LogP contribution in [0.3, 0.4) is 0 Å². The number of hydrogen-bond donors (Lipinski definition) is 16. The van der Waals surface area contributed by atoms with Gasteiger partial charge in [-0.25, -0.2) is 105 Å². The van der Waals surface area contributed by atoms with Crippen molar-refractivity contribution in [2.24, 2.45) is 0 Å². The second kappa shape index (κ2) is 53.9. The van der Waals surface area contributed by atoms with Crippen LogP contribution in [-0.4, -0.2) is 258 Å². The standard InChI is InChI=1S/8C11H24N2O2S/c8*1-11(2,3)12-9-5-7-10(8-6-9)13-16(4,14)15/h8*9-10,12-13H,5-8H2,1-4H3. The summed E-state index contributed by atoms with van der Waals surface area (Å²) in [6.07, 6.45) is 41.5. The zero-order valence-electron chi connectivity index (χ0n) is 85.7. The van der Waals surface area contributed by atoms with Crippen molar-refractivity contribution in [1.29, 1.82) is 0 Å². The second-order valence-corrected chi connectivity index (χ2v) is 60.9. The van der Waals surface area contributed by atoms with E-state index in [0.29, 0.717) is 48.3 Å². The molecule has 8 fully saturated rings. The molecule has 40 heteroatoms. The van der Waals surface area contributed by atoms with E-state index >= 15 is 0 Å². The molecule has 0 spiro atoms. The van der Waals surface area contributed by atoms with Crippen molar-refractivity contribution >= 4 is 80.2 Å². The third-order valence-electron chi connectivity index (χ3n) is 22.0. The molecule has 16 N–H and O–H groups in total. The maximum Gasteiger partial charge on any atom is 0.208 e. The summed E-state index contributed by atoms with van der Waals surface area (Å²) >= 11 is 0. The van der Waals surface area contributed by atoms with Gasteiger partial charge in [-0.1, -0.05) is 0 Å². The van der Waals surface area contributed by atoms with Crippen LogP contribution >= 0.6 is 0 Å². The van der Waals surface area contributed by atoms with Crippen LogP contribution in [0.5, 0.6) is 0 Å². The molecule has 8 aliphatic carbocycles. The van der Waals surface area contributed by atoms with Crippen LogP contribution in [-0.2, 0) is 80.2 Å². The van der Waals surface area contributed by atoms with Gasteiger partial charge in [-0.3, -0.25) is 0 Å². The molecule has 0 bridgehead atoms. The normalized spacial score (nSPS) is 28.0. The quantitative estimate of drug-likeness (QED) is 0.0427. The number of sulfonamides is 8. The van der Waals surface area contributed by atoms with E-state index in [4.69, 9.17) is 0 Å². The molecular weight excluding hydrogens is 1790 g/mol. The summed E-state index contributed by atoms with van der Waals surface area (Å²) in [6.45, 7) is 51.9. The van der Waals surface area contributed by atoms with E-state index in [0.717, 1.165) is 205 Å². The summed E-state index contributed by atoms with van der Waals surface area (Å²) in [6, 6.07) is 5.26. The zero-order valence-corrected chi connectivity index (χ0v) is 92.2.